The van der Waals surface area contributed by atoms with E-state index >= 15 is 0 Å². The summed E-state index contributed by atoms with van der Waals surface area (Å²) >= 11 is 2.05. The second kappa shape index (κ2) is 5.32. The third-order valence-corrected chi connectivity index (χ3v) is 3.21. The van der Waals surface area contributed by atoms with E-state index in [2.05, 4.69) is 0 Å². The van der Waals surface area contributed by atoms with Crippen LogP contribution >= 0.6 is 22.6 Å². The van der Waals surface area contributed by atoms with Crippen LogP contribution in [0.15, 0.2) is 48.5 Å². The topological polar surface area (TPSA) is 17.1 Å². The van der Waals surface area contributed by atoms with E-state index in [-0.39, 0.29) is 5.56 Å². The molecule has 0 radical (unpaired) electrons. The zero-order valence-electron chi connectivity index (χ0n) is 9.54. The highest BCUT2D eigenvalue weighted by Gasteiger charge is 2.30. The second-order valence-electron chi connectivity index (χ2n) is 3.92. The summed E-state index contributed by atoms with van der Waals surface area (Å²) in [7, 11) is 0. The number of benzene rings is 2. The molecule has 0 bridgehead atoms. The molecule has 0 spiro atoms. The lowest BCUT2D eigenvalue weighted by molar-refractivity contribution is -0.137. The van der Waals surface area contributed by atoms with Crippen LogP contribution in [0.3, 0.4) is 0 Å². The van der Waals surface area contributed by atoms with Gasteiger partial charge in [-0.2, -0.15) is 13.2 Å². The van der Waals surface area contributed by atoms with Gasteiger partial charge in [0.05, 0.1) is 5.56 Å². The van der Waals surface area contributed by atoms with E-state index < -0.39 is 17.5 Å². The van der Waals surface area contributed by atoms with Crippen molar-refractivity contribution in [3.05, 3.63) is 68.8 Å². The Hall–Kier alpha value is -1.37. The normalized spacial score (nSPS) is 11.4. The molecule has 0 amide bonds. The van der Waals surface area contributed by atoms with Crippen molar-refractivity contribution >= 4 is 28.4 Å². The molecule has 19 heavy (non-hydrogen) atoms. The maximum absolute atomic E-state index is 12.6. The summed E-state index contributed by atoms with van der Waals surface area (Å²) in [5, 5.41) is 0. The lowest BCUT2D eigenvalue weighted by Gasteiger charge is -2.08. The van der Waals surface area contributed by atoms with Crippen LogP contribution in [0.25, 0.3) is 0 Å². The molecule has 0 aliphatic rings. The molecule has 5 heteroatoms. The number of alkyl halides is 3. The van der Waals surface area contributed by atoms with Gasteiger partial charge < -0.3 is 0 Å². The van der Waals surface area contributed by atoms with Crippen LogP contribution in [-0.4, -0.2) is 5.78 Å². The first-order valence-electron chi connectivity index (χ1n) is 5.35. The summed E-state index contributed by atoms with van der Waals surface area (Å²) in [6.07, 6.45) is -4.44. The molecular formula is C14H8F3IO. The number of hydrogen-bond acceptors (Lipinski definition) is 1. The fraction of sp³-hybridized carbons (Fsp3) is 0.0714. The first-order chi connectivity index (χ1) is 8.88. The molecule has 98 valence electrons. The number of carbonyl (C=O) groups is 1. The average Bonchev–Trinajstić information content (AvgIpc) is 2.37. The van der Waals surface area contributed by atoms with Gasteiger partial charge in [-0.15, -0.1) is 0 Å². The van der Waals surface area contributed by atoms with Crippen LogP contribution < -0.4 is 0 Å². The van der Waals surface area contributed by atoms with E-state index in [9.17, 15) is 18.0 Å². The number of rotatable bonds is 2. The van der Waals surface area contributed by atoms with Gasteiger partial charge in [-0.3, -0.25) is 4.79 Å². The predicted octanol–water partition coefficient (Wildman–Crippen LogP) is 4.54. The second-order valence-corrected chi connectivity index (χ2v) is 5.16. The number of ketones is 1. The third-order valence-electron chi connectivity index (χ3n) is 2.54. The van der Waals surface area contributed by atoms with Gasteiger partial charge in [0.15, 0.2) is 5.78 Å². The Morgan fingerprint density at radius 1 is 0.947 bits per heavy atom. The van der Waals surface area contributed by atoms with Crippen molar-refractivity contribution in [2.75, 3.05) is 0 Å². The maximum atomic E-state index is 12.6. The fourth-order valence-electron chi connectivity index (χ4n) is 1.63. The monoisotopic (exact) mass is 376 g/mol. The Morgan fingerprint density at radius 3 is 2.11 bits per heavy atom. The van der Waals surface area contributed by atoms with Crippen LogP contribution in [0.2, 0.25) is 0 Å². The largest absolute Gasteiger partial charge is 0.416 e. The minimum absolute atomic E-state index is 0.0387. The lowest BCUT2D eigenvalue weighted by Crippen LogP contribution is -2.08. The molecule has 0 aromatic heterocycles. The van der Waals surface area contributed by atoms with Gasteiger partial charge in [0, 0.05) is 14.7 Å². The molecule has 2 aromatic rings. The van der Waals surface area contributed by atoms with Crippen molar-refractivity contribution in [3.8, 4) is 0 Å². The number of hydrogen-bond donors (Lipinski definition) is 0. The molecule has 1 nitrogen and oxygen atoms in total. The van der Waals surface area contributed by atoms with E-state index in [1.807, 2.05) is 28.7 Å². The quantitative estimate of drug-likeness (QED) is 0.556. The van der Waals surface area contributed by atoms with Gasteiger partial charge in [0.2, 0.25) is 0 Å². The predicted molar refractivity (Wildman–Crippen MR) is 74.0 cm³/mol. The van der Waals surface area contributed by atoms with Crippen LogP contribution in [0.1, 0.15) is 21.5 Å². The molecule has 0 saturated heterocycles. The molecule has 0 unspecified atom stereocenters. The van der Waals surface area contributed by atoms with Crippen molar-refractivity contribution in [2.24, 2.45) is 0 Å². The summed E-state index contributed by atoms with van der Waals surface area (Å²) in [5.41, 5.74) is -0.396. The van der Waals surface area contributed by atoms with E-state index in [1.165, 1.54) is 12.1 Å². The molecule has 0 aliphatic heterocycles. The fourth-order valence-corrected chi connectivity index (χ4v) is 2.18. The highest BCUT2D eigenvalue weighted by atomic mass is 127. The first-order valence-corrected chi connectivity index (χ1v) is 6.43. The Bertz CT molecular complexity index is 620. The van der Waals surface area contributed by atoms with Gasteiger partial charge in [-0.25, -0.2) is 0 Å². The molecule has 0 N–H and O–H groups in total. The van der Waals surface area contributed by atoms with E-state index in [0.29, 0.717) is 5.56 Å². The first kappa shape index (κ1) is 14.0. The molecule has 2 aromatic carbocycles. The Morgan fingerprint density at radius 2 is 1.53 bits per heavy atom. The van der Waals surface area contributed by atoms with Gasteiger partial charge in [-0.1, -0.05) is 24.3 Å². The Balaban J connectivity index is 2.40. The zero-order valence-corrected chi connectivity index (χ0v) is 11.7. The van der Waals surface area contributed by atoms with Crippen molar-refractivity contribution in [3.63, 3.8) is 0 Å². The van der Waals surface area contributed by atoms with Crippen LogP contribution in [0.4, 0.5) is 13.2 Å². The standard InChI is InChI=1S/C14H8F3IO/c15-14(16,17)11-5-1-3-9(7-11)13(19)10-4-2-6-12(18)8-10/h1-8H. The number of halogens is 4. The van der Waals surface area contributed by atoms with Crippen molar-refractivity contribution in [2.45, 2.75) is 6.18 Å². The highest BCUT2D eigenvalue weighted by Crippen LogP contribution is 2.30. The lowest BCUT2D eigenvalue weighted by atomic mass is 10.0. The molecule has 0 saturated carbocycles. The molecule has 2 rings (SSSR count). The zero-order chi connectivity index (χ0) is 14.0. The van der Waals surface area contributed by atoms with Crippen molar-refractivity contribution in [1.29, 1.82) is 0 Å². The van der Waals surface area contributed by atoms with Crippen LogP contribution in [-0.2, 0) is 6.18 Å². The third kappa shape index (κ3) is 3.34. The minimum Gasteiger partial charge on any atom is -0.289 e. The van der Waals surface area contributed by atoms with Crippen molar-refractivity contribution < 1.29 is 18.0 Å². The molecule has 0 aliphatic carbocycles. The molecule has 0 fully saturated rings. The average molecular weight is 376 g/mol. The van der Waals surface area contributed by atoms with Gasteiger partial charge in [-0.05, 0) is 46.9 Å². The smallest absolute Gasteiger partial charge is 0.289 e. The SMILES string of the molecule is O=C(c1cccc(I)c1)c1cccc(C(F)(F)F)c1. The summed E-state index contributed by atoms with van der Waals surface area (Å²) < 4.78 is 38.6. The van der Waals surface area contributed by atoms with E-state index in [1.54, 1.807) is 18.2 Å². The molecule has 0 heterocycles. The minimum atomic E-state index is -4.44. The van der Waals surface area contributed by atoms with Crippen LogP contribution in [0, 0.1) is 3.57 Å². The summed E-state index contributed by atoms with van der Waals surface area (Å²) in [5.74, 6) is -0.412. The van der Waals surface area contributed by atoms with Crippen molar-refractivity contribution in [1.82, 2.24) is 0 Å². The summed E-state index contributed by atoms with van der Waals surface area (Å²) in [6, 6.07) is 11.2. The van der Waals surface area contributed by atoms with Gasteiger partial charge in [0.1, 0.15) is 0 Å². The van der Waals surface area contributed by atoms with Gasteiger partial charge in [0.25, 0.3) is 0 Å². The molecular weight excluding hydrogens is 368 g/mol. The Labute approximate surface area is 121 Å². The van der Waals surface area contributed by atoms with E-state index in [0.717, 1.165) is 15.7 Å². The van der Waals surface area contributed by atoms with Gasteiger partial charge >= 0.3 is 6.18 Å². The van der Waals surface area contributed by atoms with E-state index in [4.69, 9.17) is 0 Å². The summed E-state index contributed by atoms with van der Waals surface area (Å²) in [4.78, 5) is 12.1. The Kier molecular flexibility index (Phi) is 3.93. The molecule has 0 atom stereocenters. The van der Waals surface area contributed by atoms with Crippen LogP contribution in [0.5, 0.6) is 0 Å². The summed E-state index contributed by atoms with van der Waals surface area (Å²) in [6.45, 7) is 0. The number of carbonyl (C=O) groups excluding carboxylic acids is 1. The highest BCUT2D eigenvalue weighted by molar-refractivity contribution is 14.1. The maximum Gasteiger partial charge on any atom is 0.416 e.